The molecule has 0 atom stereocenters. The number of hydrogen-bond acceptors (Lipinski definition) is 2. The Morgan fingerprint density at radius 1 is 1.15 bits per heavy atom. The van der Waals surface area contributed by atoms with Crippen LogP contribution in [-0.4, -0.2) is 30.3 Å². The fraction of sp³-hybridized carbons (Fsp3) is 0.357. The zero-order valence-corrected chi connectivity index (χ0v) is 10.7. The summed E-state index contributed by atoms with van der Waals surface area (Å²) >= 11 is 0. The third kappa shape index (κ3) is 4.29. The molecule has 1 fully saturated rings. The van der Waals surface area contributed by atoms with Crippen molar-refractivity contribution in [3.8, 4) is 5.75 Å². The van der Waals surface area contributed by atoms with Gasteiger partial charge in [-0.25, -0.2) is 0 Å². The van der Waals surface area contributed by atoms with E-state index in [4.69, 9.17) is 0 Å². The highest BCUT2D eigenvalue weighted by molar-refractivity contribution is 5.91. The first-order chi connectivity index (χ1) is 9.44. The van der Waals surface area contributed by atoms with Gasteiger partial charge >= 0.3 is 6.36 Å². The van der Waals surface area contributed by atoms with Crippen LogP contribution in [0.1, 0.15) is 18.4 Å². The lowest BCUT2D eigenvalue weighted by Crippen LogP contribution is -2.25. The molecule has 6 heteroatoms. The van der Waals surface area contributed by atoms with Crippen LogP contribution in [0.3, 0.4) is 0 Å². The maximum absolute atomic E-state index is 12.0. The molecule has 0 unspecified atom stereocenters. The molecule has 1 aromatic rings. The molecule has 0 spiro atoms. The molecule has 3 nitrogen and oxygen atoms in total. The van der Waals surface area contributed by atoms with Crippen LogP contribution < -0.4 is 4.74 Å². The van der Waals surface area contributed by atoms with Crippen molar-refractivity contribution >= 4 is 12.0 Å². The molecule has 1 heterocycles. The minimum atomic E-state index is -4.69. The standard InChI is InChI=1S/C14H14F3NO2/c15-14(16,17)20-12-6-3-11(4-7-12)5-8-13(19)18-9-1-2-10-18/h3-8H,1-2,9-10H2. The van der Waals surface area contributed by atoms with Gasteiger partial charge in [0, 0.05) is 19.2 Å². The molecule has 0 radical (unpaired) electrons. The van der Waals surface area contributed by atoms with Crippen molar-refractivity contribution in [2.45, 2.75) is 19.2 Å². The lowest BCUT2D eigenvalue weighted by molar-refractivity contribution is -0.274. The quantitative estimate of drug-likeness (QED) is 0.798. The van der Waals surface area contributed by atoms with Gasteiger partial charge in [0.1, 0.15) is 5.75 Å². The number of halogens is 3. The predicted octanol–water partition coefficient (Wildman–Crippen LogP) is 3.22. The van der Waals surface area contributed by atoms with Crippen LogP contribution in [0.5, 0.6) is 5.75 Å². The summed E-state index contributed by atoms with van der Waals surface area (Å²) in [6.07, 6.45) is 0.359. The maximum atomic E-state index is 12.0. The summed E-state index contributed by atoms with van der Waals surface area (Å²) < 4.78 is 39.7. The molecule has 1 amide bonds. The number of likely N-dealkylation sites (tertiary alicyclic amines) is 1. The molecule has 1 aromatic carbocycles. The minimum Gasteiger partial charge on any atom is -0.406 e. The first kappa shape index (κ1) is 14.4. The SMILES string of the molecule is O=C(C=Cc1ccc(OC(F)(F)F)cc1)N1CCCC1. The van der Waals surface area contributed by atoms with Crippen LogP contribution in [0.25, 0.3) is 6.08 Å². The number of benzene rings is 1. The summed E-state index contributed by atoms with van der Waals surface area (Å²) in [5.74, 6) is -0.348. The lowest BCUT2D eigenvalue weighted by Gasteiger charge is -2.11. The summed E-state index contributed by atoms with van der Waals surface area (Å²) in [5.41, 5.74) is 0.645. The molecular weight excluding hydrogens is 271 g/mol. The summed E-state index contributed by atoms with van der Waals surface area (Å²) in [4.78, 5) is 13.5. The topological polar surface area (TPSA) is 29.5 Å². The van der Waals surface area contributed by atoms with E-state index in [2.05, 4.69) is 4.74 Å². The molecule has 108 valence electrons. The first-order valence-electron chi connectivity index (χ1n) is 6.27. The van der Waals surface area contributed by atoms with Gasteiger partial charge in [-0.3, -0.25) is 4.79 Å². The third-order valence-corrected chi connectivity index (χ3v) is 2.95. The Kier molecular flexibility index (Phi) is 4.32. The zero-order valence-electron chi connectivity index (χ0n) is 10.7. The van der Waals surface area contributed by atoms with Crippen molar-refractivity contribution in [1.29, 1.82) is 0 Å². The van der Waals surface area contributed by atoms with Crippen molar-refractivity contribution in [2.75, 3.05) is 13.1 Å². The van der Waals surface area contributed by atoms with Crippen LogP contribution in [0.2, 0.25) is 0 Å². The van der Waals surface area contributed by atoms with Crippen LogP contribution in [0, 0.1) is 0 Å². The summed E-state index contributed by atoms with van der Waals surface area (Å²) in [6, 6.07) is 5.37. The molecule has 1 aliphatic heterocycles. The van der Waals surface area contributed by atoms with Crippen LogP contribution >= 0.6 is 0 Å². The van der Waals surface area contributed by atoms with Gasteiger partial charge < -0.3 is 9.64 Å². The number of rotatable bonds is 3. The average Bonchev–Trinajstić information content (AvgIpc) is 2.89. The second kappa shape index (κ2) is 5.98. The van der Waals surface area contributed by atoms with Crippen LogP contribution in [0.4, 0.5) is 13.2 Å². The Morgan fingerprint density at radius 3 is 2.30 bits per heavy atom. The van der Waals surface area contributed by atoms with E-state index >= 15 is 0 Å². The van der Waals surface area contributed by atoms with Crippen molar-refractivity contribution in [3.63, 3.8) is 0 Å². The number of carbonyl (C=O) groups excluding carboxylic acids is 1. The van der Waals surface area contributed by atoms with E-state index in [1.807, 2.05) is 0 Å². The molecular formula is C14H14F3NO2. The maximum Gasteiger partial charge on any atom is 0.573 e. The fourth-order valence-corrected chi connectivity index (χ4v) is 1.99. The Morgan fingerprint density at radius 2 is 1.75 bits per heavy atom. The molecule has 1 saturated heterocycles. The van der Waals surface area contributed by atoms with Gasteiger partial charge in [0.2, 0.25) is 5.91 Å². The van der Waals surface area contributed by atoms with Crippen LogP contribution in [-0.2, 0) is 4.79 Å². The second-order valence-corrected chi connectivity index (χ2v) is 4.48. The highest BCUT2D eigenvalue weighted by atomic mass is 19.4. The van der Waals surface area contributed by atoms with Gasteiger partial charge in [-0.15, -0.1) is 13.2 Å². The van der Waals surface area contributed by atoms with Crippen LogP contribution in [0.15, 0.2) is 30.3 Å². The number of carbonyl (C=O) groups is 1. The van der Waals surface area contributed by atoms with Crippen molar-refractivity contribution in [3.05, 3.63) is 35.9 Å². The highest BCUT2D eigenvalue weighted by Crippen LogP contribution is 2.23. The van der Waals surface area contributed by atoms with Crippen molar-refractivity contribution in [1.82, 2.24) is 4.90 Å². The molecule has 0 bridgehead atoms. The number of nitrogens with zero attached hydrogens (tertiary/aromatic N) is 1. The molecule has 0 N–H and O–H groups in total. The smallest absolute Gasteiger partial charge is 0.406 e. The molecule has 1 aliphatic rings. The van der Waals surface area contributed by atoms with Crippen molar-refractivity contribution in [2.24, 2.45) is 0 Å². The molecule has 2 rings (SSSR count). The van der Waals surface area contributed by atoms with Gasteiger partial charge in [0.15, 0.2) is 0 Å². The zero-order chi connectivity index (χ0) is 14.6. The number of ether oxygens (including phenoxy) is 1. The van der Waals surface area contributed by atoms with E-state index < -0.39 is 6.36 Å². The summed E-state index contributed by atoms with van der Waals surface area (Å²) in [7, 11) is 0. The van der Waals surface area contributed by atoms with E-state index in [0.717, 1.165) is 25.9 Å². The van der Waals surface area contributed by atoms with E-state index in [0.29, 0.717) is 5.56 Å². The Hall–Kier alpha value is -1.98. The van der Waals surface area contributed by atoms with Gasteiger partial charge in [0.05, 0.1) is 0 Å². The first-order valence-corrected chi connectivity index (χ1v) is 6.27. The molecule has 20 heavy (non-hydrogen) atoms. The molecule has 0 aliphatic carbocycles. The van der Waals surface area contributed by atoms with Gasteiger partial charge in [0.25, 0.3) is 0 Å². The van der Waals surface area contributed by atoms with Crippen molar-refractivity contribution < 1.29 is 22.7 Å². The van der Waals surface area contributed by atoms with E-state index in [1.54, 1.807) is 11.0 Å². The van der Waals surface area contributed by atoms with Gasteiger partial charge in [-0.05, 0) is 36.6 Å². The van der Waals surface area contributed by atoms with Gasteiger partial charge in [-0.1, -0.05) is 12.1 Å². The monoisotopic (exact) mass is 285 g/mol. The number of hydrogen-bond donors (Lipinski definition) is 0. The Labute approximate surface area is 114 Å². The Bertz CT molecular complexity index is 488. The summed E-state index contributed by atoms with van der Waals surface area (Å²) in [5, 5.41) is 0. The highest BCUT2D eigenvalue weighted by Gasteiger charge is 2.30. The summed E-state index contributed by atoms with van der Waals surface area (Å²) in [6.45, 7) is 1.53. The van der Waals surface area contributed by atoms with E-state index in [9.17, 15) is 18.0 Å². The Balaban J connectivity index is 1.94. The normalized spacial score (nSPS) is 15.8. The van der Waals surface area contributed by atoms with E-state index in [-0.39, 0.29) is 11.7 Å². The second-order valence-electron chi connectivity index (χ2n) is 4.48. The molecule has 0 saturated carbocycles. The minimum absolute atomic E-state index is 0.0712. The van der Waals surface area contributed by atoms with Gasteiger partial charge in [-0.2, -0.15) is 0 Å². The largest absolute Gasteiger partial charge is 0.573 e. The fourth-order valence-electron chi connectivity index (χ4n) is 1.99. The molecule has 0 aromatic heterocycles. The third-order valence-electron chi connectivity index (χ3n) is 2.95. The number of alkyl halides is 3. The predicted molar refractivity (Wildman–Crippen MR) is 68.0 cm³/mol. The lowest BCUT2D eigenvalue weighted by atomic mass is 10.2. The average molecular weight is 285 g/mol. The number of amides is 1. The van der Waals surface area contributed by atoms with E-state index in [1.165, 1.54) is 30.3 Å².